The molecular formula is C22H25NO3. The summed E-state index contributed by atoms with van der Waals surface area (Å²) in [4.78, 5) is 4.14. The first kappa shape index (κ1) is 18.1. The summed E-state index contributed by atoms with van der Waals surface area (Å²) in [6.07, 6.45) is 7.43. The molecule has 0 saturated heterocycles. The van der Waals surface area contributed by atoms with Crippen molar-refractivity contribution in [1.82, 2.24) is 4.98 Å². The molecule has 0 saturated carbocycles. The van der Waals surface area contributed by atoms with Gasteiger partial charge in [-0.3, -0.25) is 4.98 Å². The lowest BCUT2D eigenvalue weighted by Crippen LogP contribution is -2.17. The minimum absolute atomic E-state index is 0.0706. The van der Waals surface area contributed by atoms with Crippen LogP contribution >= 0.6 is 0 Å². The van der Waals surface area contributed by atoms with Crippen LogP contribution in [0.4, 0.5) is 0 Å². The Morgan fingerprint density at radius 2 is 1.85 bits per heavy atom. The highest BCUT2D eigenvalue weighted by Gasteiger charge is 2.30. The highest BCUT2D eigenvalue weighted by atomic mass is 16.5. The molecule has 0 unspecified atom stereocenters. The van der Waals surface area contributed by atoms with Crippen molar-refractivity contribution in [2.45, 2.75) is 32.6 Å². The van der Waals surface area contributed by atoms with E-state index in [0.29, 0.717) is 16.9 Å². The Morgan fingerprint density at radius 3 is 2.46 bits per heavy atom. The van der Waals surface area contributed by atoms with Crippen LogP contribution in [0.5, 0.6) is 17.2 Å². The normalized spacial score (nSPS) is 19.7. The Morgan fingerprint density at radius 1 is 1.15 bits per heavy atom. The standard InChI is InChI=1S/C22H25NO3/c1-13(2)18-6-5-14(3)7-19(18)22-20(24)9-15(10-21(22)25)16-8-17(26-4)12-23-11-16/h7-12,18-19,24-25H,1,5-6H2,2-4H3/t18-,19+/m0/s1. The van der Waals surface area contributed by atoms with Gasteiger partial charge < -0.3 is 14.9 Å². The molecule has 0 spiro atoms. The Bertz CT molecular complexity index is 846. The van der Waals surface area contributed by atoms with Gasteiger partial charge in [-0.15, -0.1) is 0 Å². The number of allylic oxidation sites excluding steroid dienone is 3. The van der Waals surface area contributed by atoms with Gasteiger partial charge in [-0.25, -0.2) is 0 Å². The van der Waals surface area contributed by atoms with Crippen LogP contribution in [0.25, 0.3) is 11.1 Å². The van der Waals surface area contributed by atoms with E-state index < -0.39 is 0 Å². The summed E-state index contributed by atoms with van der Waals surface area (Å²) in [6.45, 7) is 8.21. The van der Waals surface area contributed by atoms with Crippen molar-refractivity contribution in [2.75, 3.05) is 7.11 Å². The first-order valence-corrected chi connectivity index (χ1v) is 8.78. The molecule has 136 valence electrons. The molecule has 4 nitrogen and oxygen atoms in total. The first-order valence-electron chi connectivity index (χ1n) is 8.78. The highest BCUT2D eigenvalue weighted by Crippen LogP contribution is 2.47. The number of methoxy groups -OCH3 is 1. The molecule has 0 fully saturated rings. The monoisotopic (exact) mass is 351 g/mol. The van der Waals surface area contributed by atoms with E-state index in [2.05, 4.69) is 24.6 Å². The summed E-state index contributed by atoms with van der Waals surface area (Å²) >= 11 is 0. The number of aromatic nitrogens is 1. The third-order valence-corrected chi connectivity index (χ3v) is 5.13. The molecule has 1 heterocycles. The number of rotatable bonds is 4. The lowest BCUT2D eigenvalue weighted by atomic mass is 9.73. The van der Waals surface area contributed by atoms with Crippen LogP contribution in [0.15, 0.2) is 54.4 Å². The molecule has 1 aliphatic rings. The molecule has 2 aromatic rings. The van der Waals surface area contributed by atoms with Crippen LogP contribution in [0.1, 0.15) is 38.2 Å². The second kappa shape index (κ2) is 7.24. The number of hydrogen-bond donors (Lipinski definition) is 2. The van der Waals surface area contributed by atoms with Crippen molar-refractivity contribution in [3.8, 4) is 28.4 Å². The van der Waals surface area contributed by atoms with Crippen molar-refractivity contribution >= 4 is 0 Å². The molecule has 0 amide bonds. The van der Waals surface area contributed by atoms with Crippen LogP contribution in [-0.4, -0.2) is 22.3 Å². The van der Waals surface area contributed by atoms with Crippen molar-refractivity contribution in [1.29, 1.82) is 0 Å². The van der Waals surface area contributed by atoms with Gasteiger partial charge in [0.05, 0.1) is 13.3 Å². The van der Waals surface area contributed by atoms with Gasteiger partial charge in [0.2, 0.25) is 0 Å². The van der Waals surface area contributed by atoms with E-state index in [0.717, 1.165) is 24.0 Å². The molecular weight excluding hydrogens is 326 g/mol. The smallest absolute Gasteiger partial charge is 0.137 e. The van der Waals surface area contributed by atoms with Gasteiger partial charge in [-0.05, 0) is 56.4 Å². The maximum Gasteiger partial charge on any atom is 0.137 e. The zero-order chi connectivity index (χ0) is 18.8. The fourth-order valence-corrected chi connectivity index (χ4v) is 3.73. The molecule has 1 aromatic heterocycles. The first-order chi connectivity index (χ1) is 12.4. The average Bonchev–Trinajstić information content (AvgIpc) is 2.61. The SMILES string of the molecule is C=C(C)[C@@H]1CCC(C)=C[C@H]1c1c(O)cc(-c2cncc(OC)c2)cc1O. The molecule has 0 bridgehead atoms. The fraction of sp³-hybridized carbons (Fsp3) is 0.318. The molecule has 3 rings (SSSR count). The second-order valence-corrected chi connectivity index (χ2v) is 7.07. The van der Waals surface area contributed by atoms with Gasteiger partial charge in [0.15, 0.2) is 0 Å². The summed E-state index contributed by atoms with van der Waals surface area (Å²) in [5.41, 5.74) is 4.37. The largest absolute Gasteiger partial charge is 0.507 e. The Hall–Kier alpha value is -2.75. The van der Waals surface area contributed by atoms with Crippen LogP contribution in [0.2, 0.25) is 0 Å². The predicted octanol–water partition coefficient (Wildman–Crippen LogP) is 5.18. The molecule has 0 radical (unpaired) electrons. The molecule has 1 aromatic carbocycles. The highest BCUT2D eigenvalue weighted by molar-refractivity contribution is 5.70. The third kappa shape index (κ3) is 3.45. The van der Waals surface area contributed by atoms with Crippen molar-refractivity contribution in [3.63, 3.8) is 0 Å². The molecule has 26 heavy (non-hydrogen) atoms. The van der Waals surface area contributed by atoms with E-state index >= 15 is 0 Å². The van der Waals surface area contributed by atoms with Crippen LogP contribution in [0.3, 0.4) is 0 Å². The topological polar surface area (TPSA) is 62.6 Å². The Labute approximate surface area is 154 Å². The van der Waals surface area contributed by atoms with E-state index in [1.807, 2.05) is 13.0 Å². The van der Waals surface area contributed by atoms with Crippen molar-refractivity contribution in [3.05, 3.63) is 60.0 Å². The van der Waals surface area contributed by atoms with Crippen LogP contribution in [0, 0.1) is 5.92 Å². The Balaban J connectivity index is 2.07. The third-order valence-electron chi connectivity index (χ3n) is 5.13. The zero-order valence-corrected chi connectivity index (χ0v) is 15.5. The summed E-state index contributed by atoms with van der Waals surface area (Å²) < 4.78 is 5.20. The maximum atomic E-state index is 10.7. The van der Waals surface area contributed by atoms with E-state index in [1.165, 1.54) is 5.57 Å². The van der Waals surface area contributed by atoms with E-state index in [1.54, 1.807) is 31.6 Å². The minimum atomic E-state index is -0.0706. The quantitative estimate of drug-likeness (QED) is 0.745. The van der Waals surface area contributed by atoms with E-state index in [4.69, 9.17) is 4.74 Å². The average molecular weight is 351 g/mol. The van der Waals surface area contributed by atoms with Gasteiger partial charge in [0.25, 0.3) is 0 Å². The number of ether oxygens (including phenoxy) is 1. The lowest BCUT2D eigenvalue weighted by molar-refractivity contribution is 0.407. The van der Waals surface area contributed by atoms with Crippen LogP contribution < -0.4 is 4.74 Å². The maximum absolute atomic E-state index is 10.7. The number of hydrogen-bond acceptors (Lipinski definition) is 4. The van der Waals surface area contributed by atoms with Gasteiger partial charge in [-0.1, -0.05) is 23.8 Å². The molecule has 0 aliphatic heterocycles. The summed E-state index contributed by atoms with van der Waals surface area (Å²) in [7, 11) is 1.58. The summed E-state index contributed by atoms with van der Waals surface area (Å²) in [6, 6.07) is 5.18. The number of phenols is 2. The molecule has 2 N–H and O–H groups in total. The fourth-order valence-electron chi connectivity index (χ4n) is 3.73. The van der Waals surface area contributed by atoms with Gasteiger partial charge in [-0.2, -0.15) is 0 Å². The van der Waals surface area contributed by atoms with Crippen LogP contribution in [-0.2, 0) is 0 Å². The number of pyridine rings is 1. The molecule has 4 heteroatoms. The lowest BCUT2D eigenvalue weighted by Gasteiger charge is -2.31. The van der Waals surface area contributed by atoms with E-state index in [-0.39, 0.29) is 23.3 Å². The second-order valence-electron chi connectivity index (χ2n) is 7.07. The summed E-state index contributed by atoms with van der Waals surface area (Å²) in [5.74, 6) is 0.937. The van der Waals surface area contributed by atoms with E-state index in [9.17, 15) is 10.2 Å². The number of nitrogens with zero attached hydrogens (tertiary/aromatic N) is 1. The number of phenolic OH excluding ortho intramolecular Hbond substituents is 2. The van der Waals surface area contributed by atoms with Gasteiger partial charge >= 0.3 is 0 Å². The molecule has 1 aliphatic carbocycles. The summed E-state index contributed by atoms with van der Waals surface area (Å²) in [5, 5.41) is 21.5. The molecule has 2 atom stereocenters. The number of aromatic hydroxyl groups is 2. The van der Waals surface area contributed by atoms with Crippen molar-refractivity contribution in [2.24, 2.45) is 5.92 Å². The Kier molecular flexibility index (Phi) is 5.03. The van der Waals surface area contributed by atoms with Gasteiger partial charge in [0, 0.05) is 23.2 Å². The minimum Gasteiger partial charge on any atom is -0.507 e. The number of benzene rings is 1. The predicted molar refractivity (Wildman–Crippen MR) is 104 cm³/mol. The van der Waals surface area contributed by atoms with Gasteiger partial charge in [0.1, 0.15) is 17.2 Å². The zero-order valence-electron chi connectivity index (χ0n) is 15.5. The van der Waals surface area contributed by atoms with Crippen molar-refractivity contribution < 1.29 is 14.9 Å².